The van der Waals surface area contributed by atoms with E-state index in [-0.39, 0.29) is 31.1 Å². The van der Waals surface area contributed by atoms with E-state index in [0.717, 1.165) is 122 Å². The van der Waals surface area contributed by atoms with Crippen molar-refractivity contribution in [1.29, 1.82) is 0 Å². The Morgan fingerprint density at radius 2 is 0.592 bits per heavy atom. The van der Waals surface area contributed by atoms with E-state index in [1.54, 1.807) is 0 Å². The Kier molecular flexibility index (Phi) is 55.9. The third-order valence-electron chi connectivity index (χ3n) is 12.6. The van der Waals surface area contributed by atoms with Crippen molar-refractivity contribution >= 4 is 17.9 Å². The Morgan fingerprint density at radius 3 is 0.944 bits per heavy atom. The lowest BCUT2D eigenvalue weighted by Crippen LogP contribution is -2.30. The Hall–Kier alpha value is -3.67. The van der Waals surface area contributed by atoms with Crippen LogP contribution in [-0.4, -0.2) is 37.2 Å². The average molecular weight is 988 g/mol. The minimum absolute atomic E-state index is 0.0913. The van der Waals surface area contributed by atoms with E-state index < -0.39 is 6.10 Å². The Balaban J connectivity index is 4.44. The molecule has 0 bridgehead atoms. The van der Waals surface area contributed by atoms with Crippen LogP contribution in [0.3, 0.4) is 0 Å². The number of allylic oxidation sites excluding steroid dienone is 16. The molecule has 0 spiro atoms. The molecule has 0 rings (SSSR count). The summed E-state index contributed by atoms with van der Waals surface area (Å²) in [5.74, 6) is -0.919. The van der Waals surface area contributed by atoms with Gasteiger partial charge < -0.3 is 14.2 Å². The SMILES string of the molecule is CC/C=C\C/C=C\C/C=C\CCCCCCCCCCCC(=O)OCC(COC(=O)CCCCCCCC/C=C\C/C=C\C/C=C\CC)OC(=O)CCCCCCC/C=C\C=C/CCCCCCCCC. The second-order valence-corrected chi connectivity index (χ2v) is 19.5. The largest absolute Gasteiger partial charge is 0.462 e. The van der Waals surface area contributed by atoms with Crippen molar-refractivity contribution in [3.63, 3.8) is 0 Å². The molecule has 0 aromatic heterocycles. The zero-order valence-electron chi connectivity index (χ0n) is 46.5. The first-order chi connectivity index (χ1) is 35.0. The number of hydrogen-bond donors (Lipinski definition) is 0. The van der Waals surface area contributed by atoms with Crippen LogP contribution in [0.5, 0.6) is 0 Å². The molecule has 0 aliphatic carbocycles. The third-order valence-corrected chi connectivity index (χ3v) is 12.6. The van der Waals surface area contributed by atoms with Crippen LogP contribution >= 0.6 is 0 Å². The number of rotatable bonds is 53. The average Bonchev–Trinajstić information content (AvgIpc) is 3.37. The number of ether oxygens (including phenoxy) is 3. The molecule has 0 fully saturated rings. The lowest BCUT2D eigenvalue weighted by molar-refractivity contribution is -0.167. The van der Waals surface area contributed by atoms with Crippen LogP contribution in [0.1, 0.15) is 278 Å². The Morgan fingerprint density at radius 1 is 0.310 bits per heavy atom. The number of carbonyl (C=O) groups is 3. The summed E-state index contributed by atoms with van der Waals surface area (Å²) in [6, 6.07) is 0. The van der Waals surface area contributed by atoms with Gasteiger partial charge >= 0.3 is 17.9 Å². The van der Waals surface area contributed by atoms with Crippen molar-refractivity contribution in [3.8, 4) is 0 Å². The highest BCUT2D eigenvalue weighted by atomic mass is 16.6. The number of esters is 3. The minimum atomic E-state index is -0.795. The van der Waals surface area contributed by atoms with Gasteiger partial charge in [-0.25, -0.2) is 0 Å². The highest BCUT2D eigenvalue weighted by molar-refractivity contribution is 5.71. The van der Waals surface area contributed by atoms with Gasteiger partial charge in [0.15, 0.2) is 6.10 Å². The predicted molar refractivity (Wildman–Crippen MR) is 307 cm³/mol. The standard InChI is InChI=1S/C65H110O6/c1-4-7-10-13-16-19-22-25-28-31-33-35-37-40-43-46-49-52-55-58-64(67)70-61-62(60-69-63(66)57-54-51-48-45-42-39-36-30-27-24-21-18-15-12-9-6-3)71-65(68)59-56-53-50-47-44-41-38-34-32-29-26-23-20-17-14-11-8-5-2/h7,9-10,12,16,18-19,21,25,27-30,32,34,38,62H,4-6,8,11,13-15,17,20,22-24,26,31,33,35-37,39-61H2,1-3H3/b10-7-,12-9-,19-16-,21-18-,28-25-,30-27-,32-29-,38-34-. The van der Waals surface area contributed by atoms with Crippen molar-refractivity contribution in [1.82, 2.24) is 0 Å². The van der Waals surface area contributed by atoms with Gasteiger partial charge in [0.05, 0.1) is 0 Å². The van der Waals surface area contributed by atoms with Crippen LogP contribution in [0.25, 0.3) is 0 Å². The van der Waals surface area contributed by atoms with Gasteiger partial charge in [-0.2, -0.15) is 0 Å². The van der Waals surface area contributed by atoms with Crippen LogP contribution in [0.2, 0.25) is 0 Å². The molecule has 6 nitrogen and oxygen atoms in total. The van der Waals surface area contributed by atoms with Crippen LogP contribution < -0.4 is 0 Å². The van der Waals surface area contributed by atoms with Crippen molar-refractivity contribution in [2.75, 3.05) is 13.2 Å². The monoisotopic (exact) mass is 987 g/mol. The molecule has 6 heteroatoms. The van der Waals surface area contributed by atoms with Crippen LogP contribution in [0, 0.1) is 0 Å². The topological polar surface area (TPSA) is 78.9 Å². The number of unbranched alkanes of at least 4 members (excludes halogenated alkanes) is 27. The molecule has 0 aromatic carbocycles. The van der Waals surface area contributed by atoms with Gasteiger partial charge in [0.1, 0.15) is 13.2 Å². The molecule has 71 heavy (non-hydrogen) atoms. The van der Waals surface area contributed by atoms with Crippen molar-refractivity contribution in [3.05, 3.63) is 97.2 Å². The van der Waals surface area contributed by atoms with Gasteiger partial charge in [-0.15, -0.1) is 0 Å². The maximum Gasteiger partial charge on any atom is 0.306 e. The zero-order chi connectivity index (χ0) is 51.4. The van der Waals surface area contributed by atoms with Gasteiger partial charge in [-0.1, -0.05) is 246 Å². The summed E-state index contributed by atoms with van der Waals surface area (Å²) >= 11 is 0. The summed E-state index contributed by atoms with van der Waals surface area (Å²) < 4.78 is 16.9. The van der Waals surface area contributed by atoms with Gasteiger partial charge in [0, 0.05) is 19.3 Å². The van der Waals surface area contributed by atoms with Gasteiger partial charge in [0.2, 0.25) is 0 Å². The molecule has 0 amide bonds. The highest BCUT2D eigenvalue weighted by Crippen LogP contribution is 2.15. The highest BCUT2D eigenvalue weighted by Gasteiger charge is 2.19. The second-order valence-electron chi connectivity index (χ2n) is 19.5. The van der Waals surface area contributed by atoms with Gasteiger partial charge in [0.25, 0.3) is 0 Å². The zero-order valence-corrected chi connectivity index (χ0v) is 46.5. The minimum Gasteiger partial charge on any atom is -0.462 e. The fourth-order valence-corrected chi connectivity index (χ4v) is 8.17. The summed E-state index contributed by atoms with van der Waals surface area (Å²) in [5, 5.41) is 0. The molecule has 0 N–H and O–H groups in total. The summed E-state index contributed by atoms with van der Waals surface area (Å²) in [7, 11) is 0. The van der Waals surface area contributed by atoms with Crippen LogP contribution in [-0.2, 0) is 28.6 Å². The maximum atomic E-state index is 12.9. The van der Waals surface area contributed by atoms with E-state index in [4.69, 9.17) is 14.2 Å². The normalized spacial score (nSPS) is 12.8. The number of hydrogen-bond acceptors (Lipinski definition) is 6. The fraction of sp³-hybridized carbons (Fsp3) is 0.708. The summed E-state index contributed by atoms with van der Waals surface area (Å²) in [6.07, 6.45) is 78.2. The molecular formula is C65H110O6. The quantitative estimate of drug-likeness (QED) is 0.0199. The van der Waals surface area contributed by atoms with Gasteiger partial charge in [-0.05, 0) is 109 Å². The molecule has 1 atom stereocenters. The second kappa shape index (κ2) is 58.9. The van der Waals surface area contributed by atoms with E-state index >= 15 is 0 Å². The lowest BCUT2D eigenvalue weighted by Gasteiger charge is -2.18. The van der Waals surface area contributed by atoms with Crippen molar-refractivity contribution in [2.45, 2.75) is 284 Å². The van der Waals surface area contributed by atoms with Crippen LogP contribution in [0.4, 0.5) is 0 Å². The van der Waals surface area contributed by atoms with Gasteiger partial charge in [-0.3, -0.25) is 14.4 Å². The number of carbonyl (C=O) groups excluding carboxylic acids is 3. The first kappa shape index (κ1) is 67.3. The molecule has 0 saturated heterocycles. The molecule has 406 valence electrons. The summed E-state index contributed by atoms with van der Waals surface area (Å²) in [6.45, 7) is 6.40. The Labute approximate surface area is 438 Å². The molecule has 1 unspecified atom stereocenters. The summed E-state index contributed by atoms with van der Waals surface area (Å²) in [4.78, 5) is 38.2. The lowest BCUT2D eigenvalue weighted by atomic mass is 10.1. The summed E-state index contributed by atoms with van der Waals surface area (Å²) in [5.41, 5.74) is 0. The van der Waals surface area contributed by atoms with E-state index in [1.165, 1.54) is 116 Å². The molecule has 0 heterocycles. The smallest absolute Gasteiger partial charge is 0.306 e. The van der Waals surface area contributed by atoms with E-state index in [2.05, 4.69) is 118 Å². The third kappa shape index (κ3) is 57.1. The Bertz CT molecular complexity index is 1410. The van der Waals surface area contributed by atoms with Crippen molar-refractivity contribution in [2.24, 2.45) is 0 Å². The molecule has 0 saturated carbocycles. The van der Waals surface area contributed by atoms with E-state index in [1.807, 2.05) is 0 Å². The molecule has 0 aromatic rings. The van der Waals surface area contributed by atoms with E-state index in [9.17, 15) is 14.4 Å². The molecule has 0 radical (unpaired) electrons. The molecule has 0 aliphatic heterocycles. The van der Waals surface area contributed by atoms with E-state index in [0.29, 0.717) is 19.3 Å². The first-order valence-electron chi connectivity index (χ1n) is 29.8. The van der Waals surface area contributed by atoms with Crippen LogP contribution in [0.15, 0.2) is 97.2 Å². The van der Waals surface area contributed by atoms with Crippen molar-refractivity contribution < 1.29 is 28.6 Å². The molecular weight excluding hydrogens is 877 g/mol. The first-order valence-corrected chi connectivity index (χ1v) is 29.8. The fourth-order valence-electron chi connectivity index (χ4n) is 8.17. The molecule has 0 aliphatic rings. The maximum absolute atomic E-state index is 12.9. The predicted octanol–water partition coefficient (Wildman–Crippen LogP) is 20.1.